The van der Waals surface area contributed by atoms with Crippen LogP contribution in [0, 0.1) is 6.92 Å². The standard InChI is InChI=1S/C47H44/c1-6-10-11-12-14-25-44(35-43(21-9-4)40-22-15-13-16-23-40)41-33-29-38(30-34-41)28-32-39(19-7-2)45-31-27-37(5)47(36-45)46-26-18-17-24-42(46)20-8-3/h6-7,9-10,13-19,21-36H,1-2,8,20H2,3-5H3/b14-10?,21-9+,32-28-,39-19+,43-35+,44-25+. The van der Waals surface area contributed by atoms with E-state index in [9.17, 15) is 0 Å². The van der Waals surface area contributed by atoms with E-state index >= 15 is 0 Å². The van der Waals surface area contributed by atoms with Crippen molar-refractivity contribution in [3.8, 4) is 11.1 Å². The molecule has 0 aromatic heterocycles. The molecule has 0 amide bonds. The molecule has 0 heteroatoms. The zero-order valence-corrected chi connectivity index (χ0v) is 27.9. The Balaban J connectivity index is 1.68. The molecular weight excluding hydrogens is 565 g/mol. The summed E-state index contributed by atoms with van der Waals surface area (Å²) in [6.45, 7) is 14.2. The Bertz CT molecular complexity index is 1920. The summed E-state index contributed by atoms with van der Waals surface area (Å²) in [4.78, 5) is 0. The molecule has 0 spiro atoms. The summed E-state index contributed by atoms with van der Waals surface area (Å²) in [6, 6.07) is 34.6. The molecule has 0 aliphatic rings. The van der Waals surface area contributed by atoms with E-state index in [4.69, 9.17) is 0 Å². The van der Waals surface area contributed by atoms with Crippen molar-refractivity contribution >= 4 is 22.8 Å². The van der Waals surface area contributed by atoms with Gasteiger partial charge in [-0.3, -0.25) is 0 Å². The van der Waals surface area contributed by atoms with Gasteiger partial charge in [0.15, 0.2) is 0 Å². The van der Waals surface area contributed by atoms with Gasteiger partial charge in [0.05, 0.1) is 0 Å². The van der Waals surface area contributed by atoms with Crippen LogP contribution in [0.2, 0.25) is 0 Å². The fourth-order valence-corrected chi connectivity index (χ4v) is 5.43. The number of allylic oxidation sites excluding steroid dienone is 13. The van der Waals surface area contributed by atoms with Crippen molar-refractivity contribution < 1.29 is 0 Å². The van der Waals surface area contributed by atoms with Gasteiger partial charge in [-0.2, -0.15) is 0 Å². The molecule has 0 saturated heterocycles. The first kappa shape index (κ1) is 34.2. The fourth-order valence-electron chi connectivity index (χ4n) is 5.43. The van der Waals surface area contributed by atoms with Gasteiger partial charge in [0.2, 0.25) is 0 Å². The van der Waals surface area contributed by atoms with Crippen LogP contribution in [-0.2, 0) is 6.42 Å². The summed E-state index contributed by atoms with van der Waals surface area (Å²) in [5, 5.41) is 0. The van der Waals surface area contributed by atoms with Crippen molar-refractivity contribution in [1.82, 2.24) is 0 Å². The van der Waals surface area contributed by atoms with E-state index in [-0.39, 0.29) is 0 Å². The third-order valence-electron chi connectivity index (χ3n) is 7.79. The molecule has 0 bridgehead atoms. The maximum Gasteiger partial charge on any atom is -0.0109 e. The molecule has 0 aliphatic carbocycles. The SMILES string of the molecule is C=CC=C=C=C\C=C(/C=C(\C=C\C)c1ccccc1)c1ccc(/C=C\C(=C/C=C)c2ccc(C)c(-c3ccccc3CCC)c2)cc1. The highest BCUT2D eigenvalue weighted by atomic mass is 14.1. The van der Waals surface area contributed by atoms with Gasteiger partial charge in [-0.1, -0.05) is 171 Å². The molecule has 0 radical (unpaired) electrons. The Morgan fingerprint density at radius 3 is 2.09 bits per heavy atom. The summed E-state index contributed by atoms with van der Waals surface area (Å²) in [7, 11) is 0. The Labute approximate surface area is 282 Å². The molecule has 232 valence electrons. The Kier molecular flexibility index (Phi) is 13.4. The van der Waals surface area contributed by atoms with E-state index < -0.39 is 0 Å². The van der Waals surface area contributed by atoms with E-state index in [1.807, 2.05) is 25.1 Å². The highest BCUT2D eigenvalue weighted by Gasteiger charge is 2.09. The minimum absolute atomic E-state index is 1.07. The molecule has 0 N–H and O–H groups in total. The number of hydrogen-bond donors (Lipinski definition) is 0. The Morgan fingerprint density at radius 1 is 0.660 bits per heavy atom. The highest BCUT2D eigenvalue weighted by molar-refractivity contribution is 5.88. The quantitative estimate of drug-likeness (QED) is 0.105. The van der Waals surface area contributed by atoms with E-state index in [0.29, 0.717) is 0 Å². The lowest BCUT2D eigenvalue weighted by Gasteiger charge is -2.14. The monoisotopic (exact) mass is 608 g/mol. The van der Waals surface area contributed by atoms with Crippen molar-refractivity contribution in [2.24, 2.45) is 0 Å². The molecule has 0 fully saturated rings. The van der Waals surface area contributed by atoms with Crippen molar-refractivity contribution in [1.29, 1.82) is 0 Å². The first-order chi connectivity index (χ1) is 23.1. The molecule has 47 heavy (non-hydrogen) atoms. The predicted molar refractivity (Wildman–Crippen MR) is 208 cm³/mol. The van der Waals surface area contributed by atoms with Gasteiger partial charge in [0, 0.05) is 0 Å². The second-order valence-corrected chi connectivity index (χ2v) is 11.2. The summed E-state index contributed by atoms with van der Waals surface area (Å²) < 4.78 is 0. The summed E-state index contributed by atoms with van der Waals surface area (Å²) >= 11 is 0. The summed E-state index contributed by atoms with van der Waals surface area (Å²) in [6.07, 6.45) is 24.3. The van der Waals surface area contributed by atoms with Gasteiger partial charge in [0.25, 0.3) is 0 Å². The van der Waals surface area contributed by atoms with Gasteiger partial charge in [0.1, 0.15) is 0 Å². The number of hydrogen-bond acceptors (Lipinski definition) is 0. The topological polar surface area (TPSA) is 0 Å². The van der Waals surface area contributed by atoms with Gasteiger partial charge >= 0.3 is 0 Å². The van der Waals surface area contributed by atoms with Gasteiger partial charge < -0.3 is 0 Å². The van der Waals surface area contributed by atoms with Crippen LogP contribution in [0.1, 0.15) is 53.6 Å². The van der Waals surface area contributed by atoms with Gasteiger partial charge in [-0.25, -0.2) is 0 Å². The lowest BCUT2D eigenvalue weighted by molar-refractivity contribution is 0.923. The second-order valence-electron chi connectivity index (χ2n) is 11.2. The molecule has 4 aromatic rings. The zero-order valence-electron chi connectivity index (χ0n) is 27.9. The van der Waals surface area contributed by atoms with Crippen molar-refractivity contribution in [2.75, 3.05) is 0 Å². The van der Waals surface area contributed by atoms with Crippen LogP contribution in [0.3, 0.4) is 0 Å². The van der Waals surface area contributed by atoms with Crippen molar-refractivity contribution in [3.63, 3.8) is 0 Å². The average molecular weight is 609 g/mol. The molecule has 4 aromatic carbocycles. The van der Waals surface area contributed by atoms with Crippen LogP contribution >= 0.6 is 0 Å². The molecule has 0 aliphatic heterocycles. The van der Waals surface area contributed by atoms with Crippen molar-refractivity contribution in [2.45, 2.75) is 33.6 Å². The van der Waals surface area contributed by atoms with Gasteiger partial charge in [-0.15, -0.1) is 0 Å². The number of benzene rings is 4. The first-order valence-corrected chi connectivity index (χ1v) is 16.3. The second kappa shape index (κ2) is 18.4. The van der Waals surface area contributed by atoms with E-state index in [0.717, 1.165) is 46.3 Å². The van der Waals surface area contributed by atoms with E-state index in [2.05, 4.69) is 172 Å². The molecule has 0 heterocycles. The smallest absolute Gasteiger partial charge is 0.0109 e. The molecule has 0 nitrogen and oxygen atoms in total. The van der Waals surface area contributed by atoms with Crippen molar-refractivity contribution in [3.05, 3.63) is 216 Å². The Morgan fingerprint density at radius 2 is 1.36 bits per heavy atom. The lowest BCUT2D eigenvalue weighted by atomic mass is 9.91. The maximum absolute atomic E-state index is 4.00. The third kappa shape index (κ3) is 9.92. The van der Waals surface area contributed by atoms with Crippen LogP contribution in [0.25, 0.3) is 33.9 Å². The summed E-state index contributed by atoms with van der Waals surface area (Å²) in [5.41, 5.74) is 19.2. The Hall–Kier alpha value is -5.64. The minimum Gasteiger partial charge on any atom is -0.0990 e. The largest absolute Gasteiger partial charge is 0.0990 e. The van der Waals surface area contributed by atoms with E-state index in [1.165, 1.54) is 27.8 Å². The van der Waals surface area contributed by atoms with Crippen LogP contribution in [-0.4, -0.2) is 0 Å². The van der Waals surface area contributed by atoms with Crippen LogP contribution in [0.4, 0.5) is 0 Å². The van der Waals surface area contributed by atoms with Crippen LogP contribution < -0.4 is 0 Å². The molecule has 4 rings (SSSR count). The minimum atomic E-state index is 1.07. The van der Waals surface area contributed by atoms with Gasteiger partial charge in [-0.05, 0) is 112 Å². The summed E-state index contributed by atoms with van der Waals surface area (Å²) in [5.74, 6) is 0. The lowest BCUT2D eigenvalue weighted by Crippen LogP contribution is -1.93. The normalized spacial score (nSPS) is 12.1. The van der Waals surface area contributed by atoms with Crippen LogP contribution in [0.5, 0.6) is 0 Å². The highest BCUT2D eigenvalue weighted by Crippen LogP contribution is 2.31. The molecule has 0 unspecified atom stereocenters. The predicted octanol–water partition coefficient (Wildman–Crippen LogP) is 13.0. The van der Waals surface area contributed by atoms with E-state index in [1.54, 1.807) is 12.2 Å². The molecule has 0 saturated carbocycles. The molecule has 0 atom stereocenters. The number of rotatable bonds is 13. The van der Waals surface area contributed by atoms with Crippen LogP contribution in [0.15, 0.2) is 182 Å². The molecular formula is C47H44. The number of aryl methyl sites for hydroxylation is 2. The maximum atomic E-state index is 4.00. The third-order valence-corrected chi connectivity index (χ3v) is 7.79. The first-order valence-electron chi connectivity index (χ1n) is 16.3. The fraction of sp³-hybridized carbons (Fsp3) is 0.106. The average Bonchev–Trinajstić information content (AvgIpc) is 3.10. The zero-order chi connectivity index (χ0) is 33.3.